The van der Waals surface area contributed by atoms with Crippen LogP contribution >= 0.6 is 0 Å². The molecule has 0 aromatic rings. The standard InChI is InChI=1S/C10H19NO2/c1-10(2,3)8-5-7(6-11-8)9(12)13-4/h7-8,11H,5-6H2,1-4H3. The van der Waals surface area contributed by atoms with Gasteiger partial charge in [0.2, 0.25) is 0 Å². The maximum atomic E-state index is 11.2. The van der Waals surface area contributed by atoms with Crippen LogP contribution in [0.5, 0.6) is 0 Å². The number of esters is 1. The van der Waals surface area contributed by atoms with E-state index >= 15 is 0 Å². The van der Waals surface area contributed by atoms with Crippen molar-refractivity contribution in [2.24, 2.45) is 11.3 Å². The van der Waals surface area contributed by atoms with Crippen molar-refractivity contribution in [1.29, 1.82) is 0 Å². The fourth-order valence-electron chi connectivity index (χ4n) is 1.74. The summed E-state index contributed by atoms with van der Waals surface area (Å²) in [4.78, 5) is 11.2. The molecule has 13 heavy (non-hydrogen) atoms. The Bertz CT molecular complexity index is 196. The number of carbonyl (C=O) groups excluding carboxylic acids is 1. The highest BCUT2D eigenvalue weighted by atomic mass is 16.5. The molecule has 2 unspecified atom stereocenters. The van der Waals surface area contributed by atoms with Crippen LogP contribution in [0, 0.1) is 11.3 Å². The van der Waals surface area contributed by atoms with Crippen LogP contribution in [0.1, 0.15) is 27.2 Å². The molecule has 76 valence electrons. The monoisotopic (exact) mass is 185 g/mol. The molecule has 1 heterocycles. The van der Waals surface area contributed by atoms with Crippen LogP contribution < -0.4 is 5.32 Å². The zero-order valence-electron chi connectivity index (χ0n) is 8.89. The predicted molar refractivity (Wildman–Crippen MR) is 51.4 cm³/mol. The Labute approximate surface area is 79.8 Å². The second-order valence-corrected chi connectivity index (χ2v) is 4.78. The quantitative estimate of drug-likeness (QED) is 0.623. The molecule has 1 saturated heterocycles. The van der Waals surface area contributed by atoms with Gasteiger partial charge in [-0.2, -0.15) is 0 Å². The van der Waals surface area contributed by atoms with Crippen molar-refractivity contribution in [2.75, 3.05) is 13.7 Å². The molecule has 0 spiro atoms. The first-order valence-corrected chi connectivity index (χ1v) is 4.76. The Morgan fingerprint density at radius 2 is 2.08 bits per heavy atom. The Morgan fingerprint density at radius 3 is 2.46 bits per heavy atom. The molecule has 2 atom stereocenters. The van der Waals surface area contributed by atoms with E-state index in [0.717, 1.165) is 13.0 Å². The van der Waals surface area contributed by atoms with Crippen LogP contribution in [0.4, 0.5) is 0 Å². The zero-order chi connectivity index (χ0) is 10.1. The highest BCUT2D eigenvalue weighted by Crippen LogP contribution is 2.29. The lowest BCUT2D eigenvalue weighted by Gasteiger charge is -2.26. The van der Waals surface area contributed by atoms with Crippen LogP contribution in [-0.2, 0) is 9.53 Å². The fraction of sp³-hybridized carbons (Fsp3) is 0.900. The largest absolute Gasteiger partial charge is 0.469 e. The van der Waals surface area contributed by atoms with E-state index in [2.05, 4.69) is 26.1 Å². The van der Waals surface area contributed by atoms with Crippen LogP contribution in [0.15, 0.2) is 0 Å². The van der Waals surface area contributed by atoms with Crippen molar-refractivity contribution in [3.63, 3.8) is 0 Å². The molecule has 0 saturated carbocycles. The van der Waals surface area contributed by atoms with Gasteiger partial charge in [-0.25, -0.2) is 0 Å². The van der Waals surface area contributed by atoms with Crippen molar-refractivity contribution in [3.05, 3.63) is 0 Å². The highest BCUT2D eigenvalue weighted by Gasteiger charge is 2.36. The van der Waals surface area contributed by atoms with Crippen molar-refractivity contribution in [2.45, 2.75) is 33.2 Å². The Balaban J connectivity index is 2.50. The van der Waals surface area contributed by atoms with Gasteiger partial charge in [-0.15, -0.1) is 0 Å². The van der Waals surface area contributed by atoms with Gasteiger partial charge >= 0.3 is 5.97 Å². The molecule has 1 rings (SSSR count). The highest BCUT2D eigenvalue weighted by molar-refractivity contribution is 5.73. The molecule has 3 nitrogen and oxygen atoms in total. The number of hydrogen-bond acceptors (Lipinski definition) is 3. The number of carbonyl (C=O) groups is 1. The van der Waals surface area contributed by atoms with Crippen LogP contribution in [0.3, 0.4) is 0 Å². The lowest BCUT2D eigenvalue weighted by atomic mass is 9.84. The summed E-state index contributed by atoms with van der Waals surface area (Å²) in [6, 6.07) is 0.427. The topological polar surface area (TPSA) is 38.3 Å². The third-order valence-corrected chi connectivity index (χ3v) is 2.71. The van der Waals surface area contributed by atoms with Gasteiger partial charge in [0.15, 0.2) is 0 Å². The first-order chi connectivity index (χ1) is 5.95. The lowest BCUT2D eigenvalue weighted by Crippen LogP contribution is -2.34. The minimum absolute atomic E-state index is 0.0502. The molecular formula is C10H19NO2. The van der Waals surface area contributed by atoms with Gasteiger partial charge in [0, 0.05) is 12.6 Å². The molecule has 1 N–H and O–H groups in total. The van der Waals surface area contributed by atoms with E-state index in [1.54, 1.807) is 0 Å². The summed E-state index contributed by atoms with van der Waals surface area (Å²) in [6.45, 7) is 7.31. The molecule has 3 heteroatoms. The molecule has 0 radical (unpaired) electrons. The summed E-state index contributed by atoms with van der Waals surface area (Å²) >= 11 is 0. The molecule has 1 aliphatic rings. The maximum absolute atomic E-state index is 11.2. The second kappa shape index (κ2) is 3.66. The summed E-state index contributed by atoms with van der Waals surface area (Å²) in [7, 11) is 1.45. The average Bonchev–Trinajstić information content (AvgIpc) is 2.50. The minimum atomic E-state index is -0.0840. The summed E-state index contributed by atoms with van der Waals surface area (Å²) in [5, 5.41) is 3.36. The van der Waals surface area contributed by atoms with Crippen LogP contribution in [-0.4, -0.2) is 25.7 Å². The number of hydrogen-bond donors (Lipinski definition) is 1. The van der Waals surface area contributed by atoms with Gasteiger partial charge in [-0.05, 0) is 11.8 Å². The normalized spacial score (nSPS) is 28.9. The van der Waals surface area contributed by atoms with E-state index in [9.17, 15) is 4.79 Å². The smallest absolute Gasteiger partial charge is 0.310 e. The molecule has 0 aliphatic carbocycles. The molecule has 0 aromatic heterocycles. The number of methoxy groups -OCH3 is 1. The van der Waals surface area contributed by atoms with Gasteiger partial charge in [0.1, 0.15) is 0 Å². The van der Waals surface area contributed by atoms with Crippen molar-refractivity contribution < 1.29 is 9.53 Å². The third-order valence-electron chi connectivity index (χ3n) is 2.71. The summed E-state index contributed by atoms with van der Waals surface area (Å²) in [6.07, 6.45) is 0.899. The summed E-state index contributed by atoms with van der Waals surface area (Å²) in [5.41, 5.74) is 0.225. The zero-order valence-corrected chi connectivity index (χ0v) is 8.89. The summed E-state index contributed by atoms with van der Waals surface area (Å²) < 4.78 is 4.72. The number of nitrogens with one attached hydrogen (secondary N) is 1. The Hall–Kier alpha value is -0.570. The van der Waals surface area contributed by atoms with E-state index < -0.39 is 0 Å². The summed E-state index contributed by atoms with van der Waals surface area (Å²) in [5.74, 6) is -0.0338. The van der Waals surface area contributed by atoms with E-state index in [0.29, 0.717) is 6.04 Å². The average molecular weight is 185 g/mol. The molecule has 1 fully saturated rings. The SMILES string of the molecule is COC(=O)C1CNC(C(C)(C)C)C1. The van der Waals surface area contributed by atoms with Gasteiger partial charge in [-0.3, -0.25) is 4.79 Å². The van der Waals surface area contributed by atoms with Gasteiger partial charge < -0.3 is 10.1 Å². The third kappa shape index (κ3) is 2.44. The lowest BCUT2D eigenvalue weighted by molar-refractivity contribution is -0.144. The predicted octanol–water partition coefficient (Wildman–Crippen LogP) is 1.18. The van der Waals surface area contributed by atoms with Gasteiger partial charge in [0.25, 0.3) is 0 Å². The minimum Gasteiger partial charge on any atom is -0.469 e. The Morgan fingerprint density at radius 1 is 1.46 bits per heavy atom. The first kappa shape index (κ1) is 10.5. The Kier molecular flexibility index (Phi) is 2.96. The molecule has 0 bridgehead atoms. The number of rotatable bonds is 1. The first-order valence-electron chi connectivity index (χ1n) is 4.76. The van der Waals surface area contributed by atoms with Gasteiger partial charge in [0.05, 0.1) is 13.0 Å². The van der Waals surface area contributed by atoms with Crippen molar-refractivity contribution in [1.82, 2.24) is 5.32 Å². The van der Waals surface area contributed by atoms with Crippen LogP contribution in [0.25, 0.3) is 0 Å². The van der Waals surface area contributed by atoms with E-state index in [4.69, 9.17) is 4.74 Å². The molecular weight excluding hydrogens is 166 g/mol. The van der Waals surface area contributed by atoms with E-state index in [1.165, 1.54) is 7.11 Å². The van der Waals surface area contributed by atoms with Crippen molar-refractivity contribution in [3.8, 4) is 0 Å². The van der Waals surface area contributed by atoms with E-state index in [1.807, 2.05) is 0 Å². The maximum Gasteiger partial charge on any atom is 0.310 e. The molecule has 0 amide bonds. The number of ether oxygens (including phenoxy) is 1. The molecule has 0 aromatic carbocycles. The van der Waals surface area contributed by atoms with E-state index in [-0.39, 0.29) is 17.3 Å². The molecule has 1 aliphatic heterocycles. The van der Waals surface area contributed by atoms with Crippen LogP contribution in [0.2, 0.25) is 0 Å². The second-order valence-electron chi connectivity index (χ2n) is 4.78. The van der Waals surface area contributed by atoms with Crippen molar-refractivity contribution >= 4 is 5.97 Å². The fourth-order valence-corrected chi connectivity index (χ4v) is 1.74. The van der Waals surface area contributed by atoms with Gasteiger partial charge in [-0.1, -0.05) is 20.8 Å².